The fourth-order valence-corrected chi connectivity index (χ4v) is 4.70. The quantitative estimate of drug-likeness (QED) is 0.794. The van der Waals surface area contributed by atoms with Gasteiger partial charge in [-0.05, 0) is 49.1 Å². The van der Waals surface area contributed by atoms with Crippen molar-refractivity contribution in [3.8, 4) is 0 Å². The van der Waals surface area contributed by atoms with E-state index in [1.165, 1.54) is 0 Å². The Morgan fingerprint density at radius 1 is 1.04 bits per heavy atom. The average Bonchev–Trinajstić information content (AvgIpc) is 3.11. The van der Waals surface area contributed by atoms with Gasteiger partial charge in [-0.1, -0.05) is 30.3 Å². The first-order valence-electron chi connectivity index (χ1n) is 8.75. The maximum absolute atomic E-state index is 12.5. The summed E-state index contributed by atoms with van der Waals surface area (Å²) >= 11 is 0. The van der Waals surface area contributed by atoms with E-state index in [0.29, 0.717) is 30.4 Å². The van der Waals surface area contributed by atoms with Crippen molar-refractivity contribution in [1.82, 2.24) is 5.32 Å². The molecule has 1 amide bonds. The summed E-state index contributed by atoms with van der Waals surface area (Å²) in [4.78, 5) is 23.7. The lowest BCUT2D eigenvalue weighted by molar-refractivity contribution is -0.141. The van der Waals surface area contributed by atoms with Gasteiger partial charge in [-0.25, -0.2) is 8.42 Å². The van der Waals surface area contributed by atoms with Crippen LogP contribution in [0.1, 0.15) is 35.2 Å². The molecule has 2 N–H and O–H groups in total. The number of aliphatic carboxylic acids is 1. The molecular weight excluding hydrogens is 366 g/mol. The predicted molar refractivity (Wildman–Crippen MR) is 100 cm³/mol. The Bertz CT molecular complexity index is 940. The van der Waals surface area contributed by atoms with E-state index in [1.54, 1.807) is 54.6 Å². The summed E-state index contributed by atoms with van der Waals surface area (Å²) in [7, 11) is -3.49. The zero-order valence-corrected chi connectivity index (χ0v) is 15.5. The van der Waals surface area contributed by atoms with E-state index < -0.39 is 21.7 Å². The van der Waals surface area contributed by atoms with Crippen LogP contribution in [0.5, 0.6) is 0 Å². The van der Waals surface area contributed by atoms with Gasteiger partial charge in [0.05, 0.1) is 16.6 Å². The zero-order chi connectivity index (χ0) is 19.4. The van der Waals surface area contributed by atoms with Crippen LogP contribution in [0.25, 0.3) is 0 Å². The maximum atomic E-state index is 12.5. The fourth-order valence-electron chi connectivity index (χ4n) is 3.34. The second-order valence-electron chi connectivity index (χ2n) is 6.79. The second-order valence-corrected chi connectivity index (χ2v) is 8.78. The Morgan fingerprint density at radius 2 is 1.78 bits per heavy atom. The van der Waals surface area contributed by atoms with Gasteiger partial charge in [0.1, 0.15) is 0 Å². The Hall–Kier alpha value is -2.67. The molecule has 0 bridgehead atoms. The molecule has 1 fully saturated rings. The van der Waals surface area contributed by atoms with Crippen LogP contribution in [0.4, 0.5) is 0 Å². The van der Waals surface area contributed by atoms with Crippen molar-refractivity contribution in [2.24, 2.45) is 5.92 Å². The molecular formula is C20H21NO5S. The molecule has 0 aromatic heterocycles. The molecule has 1 aliphatic rings. The summed E-state index contributed by atoms with van der Waals surface area (Å²) in [5.41, 5.74) is 0.899. The molecule has 0 unspecified atom stereocenters. The van der Waals surface area contributed by atoms with Crippen molar-refractivity contribution in [2.75, 3.05) is 0 Å². The predicted octanol–water partition coefficient (Wildman–Crippen LogP) is 2.64. The Morgan fingerprint density at radius 3 is 2.44 bits per heavy atom. The maximum Gasteiger partial charge on any atom is 0.306 e. The summed E-state index contributed by atoms with van der Waals surface area (Å²) in [5.74, 6) is -1.76. The number of carbonyl (C=O) groups is 2. The number of carbonyl (C=O) groups excluding carboxylic acids is 1. The minimum atomic E-state index is -3.49. The van der Waals surface area contributed by atoms with Crippen LogP contribution in [-0.2, 0) is 20.4 Å². The number of hydrogen-bond donors (Lipinski definition) is 2. The number of carboxylic acids is 1. The molecule has 0 radical (unpaired) electrons. The number of hydrogen-bond acceptors (Lipinski definition) is 4. The third kappa shape index (κ3) is 4.74. The third-order valence-electron chi connectivity index (χ3n) is 4.77. The average molecular weight is 387 g/mol. The molecule has 3 rings (SSSR count). The SMILES string of the molecule is O=C(N[C@H]1CC[C@@H](C(=O)O)C1)c1cccc(CS(=O)(=O)c2ccccc2)c1. The zero-order valence-electron chi connectivity index (χ0n) is 14.7. The van der Waals surface area contributed by atoms with E-state index in [9.17, 15) is 18.0 Å². The first kappa shape index (κ1) is 19.1. The van der Waals surface area contributed by atoms with Crippen LogP contribution >= 0.6 is 0 Å². The van der Waals surface area contributed by atoms with Crippen molar-refractivity contribution in [3.05, 3.63) is 65.7 Å². The highest BCUT2D eigenvalue weighted by Gasteiger charge is 2.30. The number of sulfone groups is 1. The molecule has 2 atom stereocenters. The Kier molecular flexibility index (Phi) is 5.60. The largest absolute Gasteiger partial charge is 0.481 e. The molecule has 2 aromatic carbocycles. The highest BCUT2D eigenvalue weighted by molar-refractivity contribution is 7.90. The minimum Gasteiger partial charge on any atom is -0.481 e. The van der Waals surface area contributed by atoms with Crippen LogP contribution in [0.3, 0.4) is 0 Å². The van der Waals surface area contributed by atoms with E-state index in [4.69, 9.17) is 5.11 Å². The van der Waals surface area contributed by atoms with E-state index in [2.05, 4.69) is 5.32 Å². The summed E-state index contributed by atoms with van der Waals surface area (Å²) in [6.07, 6.45) is 1.60. The topological polar surface area (TPSA) is 101 Å². The molecule has 27 heavy (non-hydrogen) atoms. The molecule has 0 aliphatic heterocycles. The highest BCUT2D eigenvalue weighted by atomic mass is 32.2. The van der Waals surface area contributed by atoms with Crippen LogP contribution < -0.4 is 5.32 Å². The number of rotatable bonds is 6. The second kappa shape index (κ2) is 7.92. The standard InChI is InChI=1S/C20H21NO5S/c22-19(21-17-10-9-16(12-17)20(23)24)15-6-4-5-14(11-15)13-27(25,26)18-7-2-1-3-8-18/h1-8,11,16-17H,9-10,12-13H2,(H,21,22)(H,23,24)/t16-,17+/m1/s1. The van der Waals surface area contributed by atoms with E-state index in [0.717, 1.165) is 0 Å². The van der Waals surface area contributed by atoms with Gasteiger partial charge in [0, 0.05) is 11.6 Å². The van der Waals surface area contributed by atoms with Gasteiger partial charge in [-0.3, -0.25) is 9.59 Å². The van der Waals surface area contributed by atoms with Crippen LogP contribution in [0, 0.1) is 5.92 Å². The minimum absolute atomic E-state index is 0.171. The monoisotopic (exact) mass is 387 g/mol. The van der Waals surface area contributed by atoms with Crippen LogP contribution in [0.15, 0.2) is 59.5 Å². The molecule has 0 heterocycles. The van der Waals surface area contributed by atoms with Crippen molar-refractivity contribution in [2.45, 2.75) is 36.0 Å². The molecule has 1 aliphatic carbocycles. The number of nitrogens with one attached hydrogen (secondary N) is 1. The highest BCUT2D eigenvalue weighted by Crippen LogP contribution is 2.26. The summed E-state index contributed by atoms with van der Waals surface area (Å²) in [6.45, 7) is 0. The smallest absolute Gasteiger partial charge is 0.306 e. The van der Waals surface area contributed by atoms with Crippen molar-refractivity contribution < 1.29 is 23.1 Å². The lowest BCUT2D eigenvalue weighted by Gasteiger charge is -2.13. The van der Waals surface area contributed by atoms with Crippen molar-refractivity contribution in [3.63, 3.8) is 0 Å². The lowest BCUT2D eigenvalue weighted by Crippen LogP contribution is -2.33. The molecule has 1 saturated carbocycles. The molecule has 7 heteroatoms. The van der Waals surface area contributed by atoms with Gasteiger partial charge in [-0.15, -0.1) is 0 Å². The number of benzene rings is 2. The molecule has 0 spiro atoms. The lowest BCUT2D eigenvalue weighted by atomic mass is 10.1. The van der Waals surface area contributed by atoms with E-state index >= 15 is 0 Å². The number of amides is 1. The molecule has 2 aromatic rings. The fraction of sp³-hybridized carbons (Fsp3) is 0.300. The Balaban J connectivity index is 1.68. The van der Waals surface area contributed by atoms with Gasteiger partial charge < -0.3 is 10.4 Å². The van der Waals surface area contributed by atoms with Crippen LogP contribution in [0.2, 0.25) is 0 Å². The number of carboxylic acid groups (broad SMARTS) is 1. The van der Waals surface area contributed by atoms with Gasteiger partial charge >= 0.3 is 5.97 Å². The molecule has 0 saturated heterocycles. The van der Waals surface area contributed by atoms with E-state index in [-0.39, 0.29) is 22.6 Å². The van der Waals surface area contributed by atoms with Crippen molar-refractivity contribution >= 4 is 21.7 Å². The van der Waals surface area contributed by atoms with Gasteiger partial charge in [0.2, 0.25) is 0 Å². The van der Waals surface area contributed by atoms with Gasteiger partial charge in [0.25, 0.3) is 5.91 Å². The Labute approximate surface area is 158 Å². The first-order valence-corrected chi connectivity index (χ1v) is 10.4. The summed E-state index contributed by atoms with van der Waals surface area (Å²) in [5, 5.41) is 11.9. The summed E-state index contributed by atoms with van der Waals surface area (Å²) < 4.78 is 25.0. The first-order chi connectivity index (χ1) is 12.8. The van der Waals surface area contributed by atoms with Gasteiger partial charge in [0.15, 0.2) is 9.84 Å². The molecule has 142 valence electrons. The van der Waals surface area contributed by atoms with Crippen molar-refractivity contribution in [1.29, 1.82) is 0 Å². The van der Waals surface area contributed by atoms with Gasteiger partial charge in [-0.2, -0.15) is 0 Å². The third-order valence-corrected chi connectivity index (χ3v) is 6.47. The van der Waals surface area contributed by atoms with E-state index in [1.807, 2.05) is 0 Å². The molecule has 6 nitrogen and oxygen atoms in total. The van der Waals surface area contributed by atoms with Crippen LogP contribution in [-0.4, -0.2) is 31.4 Å². The normalized spacial score (nSPS) is 19.6. The summed E-state index contributed by atoms with van der Waals surface area (Å²) in [6, 6.07) is 14.5.